The van der Waals surface area contributed by atoms with Crippen LogP contribution in [-0.2, 0) is 16.6 Å². The second kappa shape index (κ2) is 8.34. The molecule has 0 unspecified atom stereocenters. The number of fused-ring (bicyclic) bond motifs is 1. The number of benzene rings is 1. The molecule has 1 aromatic carbocycles. The highest BCUT2D eigenvalue weighted by molar-refractivity contribution is 7.89. The van der Waals surface area contributed by atoms with Crippen molar-refractivity contribution in [3.8, 4) is 5.88 Å². The molecule has 0 aliphatic heterocycles. The Bertz CT molecular complexity index is 1080. The highest BCUT2D eigenvalue weighted by Gasteiger charge is 2.17. The summed E-state index contributed by atoms with van der Waals surface area (Å²) in [5.74, 6) is 1.45. The Kier molecular flexibility index (Phi) is 5.63. The summed E-state index contributed by atoms with van der Waals surface area (Å²) in [7, 11) is -3.70. The summed E-state index contributed by atoms with van der Waals surface area (Å²) in [6.45, 7) is 1.06. The van der Waals surface area contributed by atoms with Gasteiger partial charge in [-0.1, -0.05) is 31.4 Å². The van der Waals surface area contributed by atoms with Crippen LogP contribution in [0.3, 0.4) is 0 Å². The lowest BCUT2D eigenvalue weighted by Gasteiger charge is -2.21. The average Bonchev–Trinajstić information content (AvgIpc) is 3.20. The number of imidazole rings is 1. The Hall–Kier alpha value is -2.72. The lowest BCUT2D eigenvalue weighted by molar-refractivity contribution is 0.205. The Morgan fingerprint density at radius 2 is 1.90 bits per heavy atom. The first-order valence-electron chi connectivity index (χ1n) is 9.68. The second-order valence-corrected chi connectivity index (χ2v) is 8.87. The third kappa shape index (κ3) is 4.83. The molecule has 1 aliphatic carbocycles. The number of ether oxygens (including phenoxy) is 1. The molecule has 9 nitrogen and oxygen atoms in total. The maximum Gasteiger partial charge on any atom is 0.245 e. The van der Waals surface area contributed by atoms with E-state index < -0.39 is 10.0 Å². The number of H-pyrrole nitrogens is 1. The molecule has 2 heterocycles. The van der Waals surface area contributed by atoms with Gasteiger partial charge in [0.25, 0.3) is 0 Å². The number of primary sulfonamides is 1. The summed E-state index contributed by atoms with van der Waals surface area (Å²) in [6.07, 6.45) is 7.78. The van der Waals surface area contributed by atoms with E-state index in [0.29, 0.717) is 42.1 Å². The molecule has 1 aliphatic rings. The lowest BCUT2D eigenvalue weighted by Crippen LogP contribution is -2.16. The van der Waals surface area contributed by atoms with E-state index in [1.165, 1.54) is 44.2 Å². The smallest absolute Gasteiger partial charge is 0.245 e. The fourth-order valence-electron chi connectivity index (χ4n) is 3.52. The van der Waals surface area contributed by atoms with Crippen molar-refractivity contribution in [1.82, 2.24) is 19.9 Å². The van der Waals surface area contributed by atoms with Crippen molar-refractivity contribution in [2.75, 3.05) is 11.9 Å². The maximum absolute atomic E-state index is 11.4. The van der Waals surface area contributed by atoms with Crippen molar-refractivity contribution in [3.05, 3.63) is 36.2 Å². The molecule has 154 valence electrons. The number of hydrogen-bond donors (Lipinski definition) is 3. The van der Waals surface area contributed by atoms with Gasteiger partial charge in [0.1, 0.15) is 5.52 Å². The van der Waals surface area contributed by atoms with Crippen LogP contribution in [0.1, 0.15) is 37.7 Å². The van der Waals surface area contributed by atoms with Gasteiger partial charge in [0.2, 0.25) is 21.9 Å². The molecule has 1 saturated carbocycles. The first-order chi connectivity index (χ1) is 14.0. The highest BCUT2D eigenvalue weighted by Crippen LogP contribution is 2.26. The minimum Gasteiger partial charge on any atom is -0.476 e. The number of hydrogen-bond acceptors (Lipinski definition) is 7. The molecular formula is C19H24N6O3S. The fraction of sp³-hybridized carbons (Fsp3) is 0.421. The molecule has 4 rings (SSSR count). The molecule has 1 fully saturated rings. The average molecular weight is 417 g/mol. The van der Waals surface area contributed by atoms with Crippen molar-refractivity contribution in [2.24, 2.45) is 11.1 Å². The summed E-state index contributed by atoms with van der Waals surface area (Å²) in [5, 5.41) is 8.27. The van der Waals surface area contributed by atoms with Gasteiger partial charge in [-0.3, -0.25) is 0 Å². The monoisotopic (exact) mass is 416 g/mol. The molecule has 0 atom stereocenters. The number of aromatic nitrogens is 4. The Labute approximate surface area is 169 Å². The van der Waals surface area contributed by atoms with Gasteiger partial charge >= 0.3 is 0 Å². The maximum atomic E-state index is 11.4. The van der Waals surface area contributed by atoms with Crippen molar-refractivity contribution in [3.63, 3.8) is 0 Å². The van der Waals surface area contributed by atoms with E-state index >= 15 is 0 Å². The summed E-state index contributed by atoms with van der Waals surface area (Å²) < 4.78 is 28.7. The lowest BCUT2D eigenvalue weighted by atomic mass is 9.90. The van der Waals surface area contributed by atoms with Gasteiger partial charge in [0.15, 0.2) is 5.65 Å². The zero-order chi connectivity index (χ0) is 20.3. The van der Waals surface area contributed by atoms with Gasteiger partial charge in [-0.05, 0) is 36.5 Å². The summed E-state index contributed by atoms with van der Waals surface area (Å²) in [4.78, 5) is 16.2. The second-order valence-electron chi connectivity index (χ2n) is 7.31. The van der Waals surface area contributed by atoms with Crippen LogP contribution < -0.4 is 15.2 Å². The minimum absolute atomic E-state index is 0.0776. The number of rotatable bonds is 7. The number of nitrogens with zero attached hydrogens (tertiary/aromatic N) is 3. The van der Waals surface area contributed by atoms with E-state index in [-0.39, 0.29) is 4.90 Å². The van der Waals surface area contributed by atoms with Crippen LogP contribution in [0.5, 0.6) is 5.88 Å². The third-order valence-electron chi connectivity index (χ3n) is 5.14. The molecule has 10 heteroatoms. The van der Waals surface area contributed by atoms with Crippen LogP contribution in [0, 0.1) is 5.92 Å². The molecule has 0 radical (unpaired) electrons. The zero-order valence-corrected chi connectivity index (χ0v) is 16.8. The fourth-order valence-corrected chi connectivity index (χ4v) is 4.03. The standard InChI is InChI=1S/C19H24N6O3S/c20-29(26,27)15-8-6-13(7-9-15)10-21-19-24-17-16(22-12-23-17)18(25-19)28-11-14-4-2-1-3-5-14/h6-9,12,14H,1-5,10-11H2,(H2,20,26,27)(H2,21,22,23,24,25). The molecule has 0 amide bonds. The van der Waals surface area contributed by atoms with Crippen LogP contribution in [0.2, 0.25) is 0 Å². The van der Waals surface area contributed by atoms with E-state index in [2.05, 4.69) is 25.3 Å². The summed E-state index contributed by atoms with van der Waals surface area (Å²) >= 11 is 0. The molecule has 0 spiro atoms. The summed E-state index contributed by atoms with van der Waals surface area (Å²) in [5.41, 5.74) is 2.09. The van der Waals surface area contributed by atoms with E-state index in [0.717, 1.165) is 5.56 Å². The van der Waals surface area contributed by atoms with Crippen LogP contribution in [0.25, 0.3) is 11.2 Å². The number of aromatic amines is 1. The molecule has 0 saturated heterocycles. The predicted octanol–water partition coefficient (Wildman–Crippen LogP) is 2.57. The van der Waals surface area contributed by atoms with Gasteiger partial charge in [-0.15, -0.1) is 0 Å². The largest absolute Gasteiger partial charge is 0.476 e. The van der Waals surface area contributed by atoms with Crippen molar-refractivity contribution >= 4 is 27.1 Å². The van der Waals surface area contributed by atoms with Gasteiger partial charge in [-0.2, -0.15) is 9.97 Å². The normalized spacial score (nSPS) is 15.5. The van der Waals surface area contributed by atoms with Crippen molar-refractivity contribution in [2.45, 2.75) is 43.5 Å². The Morgan fingerprint density at radius 1 is 1.14 bits per heavy atom. The van der Waals surface area contributed by atoms with Crippen LogP contribution in [0.4, 0.5) is 5.95 Å². The van der Waals surface area contributed by atoms with Crippen molar-refractivity contribution < 1.29 is 13.2 Å². The van der Waals surface area contributed by atoms with Gasteiger partial charge in [0, 0.05) is 6.54 Å². The topological polar surface area (TPSA) is 136 Å². The van der Waals surface area contributed by atoms with E-state index in [1.807, 2.05) is 0 Å². The van der Waals surface area contributed by atoms with Crippen LogP contribution in [-0.4, -0.2) is 35.0 Å². The van der Waals surface area contributed by atoms with Gasteiger partial charge in [0.05, 0.1) is 17.8 Å². The third-order valence-corrected chi connectivity index (χ3v) is 6.06. The number of sulfonamides is 1. The first-order valence-corrected chi connectivity index (χ1v) is 11.2. The number of nitrogens with two attached hydrogens (primary N) is 1. The molecule has 0 bridgehead atoms. The Morgan fingerprint density at radius 3 is 2.62 bits per heavy atom. The predicted molar refractivity (Wildman–Crippen MR) is 109 cm³/mol. The van der Waals surface area contributed by atoms with Gasteiger partial charge < -0.3 is 15.0 Å². The first kappa shape index (κ1) is 19.6. The Balaban J connectivity index is 1.46. The van der Waals surface area contributed by atoms with E-state index in [4.69, 9.17) is 9.88 Å². The summed E-state index contributed by atoms with van der Waals surface area (Å²) in [6, 6.07) is 6.34. The molecule has 4 N–H and O–H groups in total. The molecular weight excluding hydrogens is 392 g/mol. The van der Waals surface area contributed by atoms with E-state index in [1.54, 1.807) is 18.5 Å². The number of nitrogens with one attached hydrogen (secondary N) is 2. The SMILES string of the molecule is NS(=O)(=O)c1ccc(CNc2nc(OCC3CCCCC3)c3[nH]cnc3n2)cc1. The molecule has 3 aromatic rings. The van der Waals surface area contributed by atoms with Crippen molar-refractivity contribution in [1.29, 1.82) is 0 Å². The highest BCUT2D eigenvalue weighted by atomic mass is 32.2. The van der Waals surface area contributed by atoms with Crippen LogP contribution in [0.15, 0.2) is 35.5 Å². The minimum atomic E-state index is -3.70. The molecule has 2 aromatic heterocycles. The van der Waals surface area contributed by atoms with E-state index in [9.17, 15) is 8.42 Å². The number of anilines is 1. The van der Waals surface area contributed by atoms with Crippen LogP contribution >= 0.6 is 0 Å². The van der Waals surface area contributed by atoms with Gasteiger partial charge in [-0.25, -0.2) is 18.5 Å². The zero-order valence-electron chi connectivity index (χ0n) is 16.0. The quantitative estimate of drug-likeness (QED) is 0.538. The molecule has 29 heavy (non-hydrogen) atoms.